The van der Waals surface area contributed by atoms with Gasteiger partial charge in [0.25, 0.3) is 5.56 Å². The highest BCUT2D eigenvalue weighted by Crippen LogP contribution is 2.30. The molecule has 3 N–H and O–H groups in total. The number of benzene rings is 2. The maximum Gasteiger partial charge on any atom is 0.325 e. The lowest BCUT2D eigenvalue weighted by Gasteiger charge is -2.11. The highest BCUT2D eigenvalue weighted by atomic mass is 16.2. The van der Waals surface area contributed by atoms with Gasteiger partial charge in [-0.1, -0.05) is 61.9 Å². The zero-order valence-electron chi connectivity index (χ0n) is 19.2. The van der Waals surface area contributed by atoms with Gasteiger partial charge in [0, 0.05) is 24.7 Å². The minimum absolute atomic E-state index is 0.379. The lowest BCUT2D eigenvalue weighted by atomic mass is 9.98. The number of carbonyl (C=O) groups is 1. The molecule has 0 fully saturated rings. The molecule has 0 radical (unpaired) electrons. The van der Waals surface area contributed by atoms with Crippen molar-refractivity contribution in [2.45, 2.75) is 32.7 Å². The number of aryl methyl sites for hydroxylation is 1. The normalized spacial score (nSPS) is 11.2. The predicted octanol–water partition coefficient (Wildman–Crippen LogP) is 3.36. The molecule has 2 aromatic carbocycles. The molecule has 0 aliphatic heterocycles. The number of nitrogens with one attached hydrogen (secondary N) is 1. The van der Waals surface area contributed by atoms with Crippen LogP contribution in [0.15, 0.2) is 65.6 Å². The summed E-state index contributed by atoms with van der Waals surface area (Å²) in [5.74, 6) is 1.34. The van der Waals surface area contributed by atoms with Crippen LogP contribution in [0.1, 0.15) is 31.2 Å². The summed E-state index contributed by atoms with van der Waals surface area (Å²) in [6, 6.07) is 16.8. The summed E-state index contributed by atoms with van der Waals surface area (Å²) >= 11 is 0. The number of nitrogens with zero attached hydrogens (tertiary/aromatic N) is 6. The van der Waals surface area contributed by atoms with Gasteiger partial charge in [0.15, 0.2) is 0 Å². The maximum absolute atomic E-state index is 13.0. The Kier molecular flexibility index (Phi) is 5.92. The van der Waals surface area contributed by atoms with Crippen LogP contribution in [0.5, 0.6) is 0 Å². The van der Waals surface area contributed by atoms with E-state index in [9.17, 15) is 9.59 Å². The number of fused-ring (bicyclic) bond motifs is 1. The van der Waals surface area contributed by atoms with Crippen molar-refractivity contribution in [2.75, 3.05) is 0 Å². The van der Waals surface area contributed by atoms with Crippen molar-refractivity contribution in [3.63, 3.8) is 0 Å². The van der Waals surface area contributed by atoms with E-state index < -0.39 is 11.6 Å². The molecule has 5 rings (SSSR count). The highest BCUT2D eigenvalue weighted by Gasteiger charge is 2.17. The topological polar surface area (TPSA) is 137 Å². The van der Waals surface area contributed by atoms with Crippen LogP contribution >= 0.6 is 0 Å². The minimum Gasteiger partial charge on any atom is -0.351 e. The smallest absolute Gasteiger partial charge is 0.325 e. The van der Waals surface area contributed by atoms with Gasteiger partial charge in [-0.2, -0.15) is 5.21 Å². The summed E-state index contributed by atoms with van der Waals surface area (Å²) in [6.07, 6.45) is 4.06. The molecule has 5 aromatic rings. The van der Waals surface area contributed by atoms with Crippen LogP contribution in [0.2, 0.25) is 0 Å². The van der Waals surface area contributed by atoms with E-state index in [-0.39, 0.29) is 0 Å². The van der Waals surface area contributed by atoms with Crippen molar-refractivity contribution in [3.05, 3.63) is 82.5 Å². The minimum atomic E-state index is -0.815. The van der Waals surface area contributed by atoms with E-state index in [1.165, 1.54) is 6.20 Å². The highest BCUT2D eigenvalue weighted by molar-refractivity contribution is 5.82. The third kappa shape index (κ3) is 4.21. The van der Waals surface area contributed by atoms with Crippen LogP contribution in [0.4, 0.5) is 4.79 Å². The van der Waals surface area contributed by atoms with Crippen LogP contribution in [0.25, 0.3) is 33.5 Å². The zero-order valence-corrected chi connectivity index (χ0v) is 19.2. The largest absolute Gasteiger partial charge is 0.351 e. The van der Waals surface area contributed by atoms with E-state index in [4.69, 9.17) is 5.73 Å². The fraction of sp³-hybridized carbons (Fsp3) is 0.200. The van der Waals surface area contributed by atoms with Crippen molar-refractivity contribution in [1.29, 1.82) is 0 Å². The number of H-pyrrole nitrogens is 1. The van der Waals surface area contributed by atoms with Crippen molar-refractivity contribution in [3.8, 4) is 22.5 Å². The number of imidazole rings is 1. The van der Waals surface area contributed by atoms with E-state index in [2.05, 4.69) is 32.5 Å². The SMILES string of the molecule is CCCCc1nc2ccn(C(N)=O)c(=O)c2n1Cc1ccc(-c2ccccc2-c2nn[nH]n2)cc1. The van der Waals surface area contributed by atoms with Crippen molar-refractivity contribution >= 4 is 17.1 Å². The van der Waals surface area contributed by atoms with Gasteiger partial charge in [-0.25, -0.2) is 14.3 Å². The first-order valence-electron chi connectivity index (χ1n) is 11.4. The van der Waals surface area contributed by atoms with Crippen molar-refractivity contribution in [1.82, 2.24) is 34.7 Å². The van der Waals surface area contributed by atoms with Crippen molar-refractivity contribution in [2.24, 2.45) is 5.73 Å². The van der Waals surface area contributed by atoms with Gasteiger partial charge in [-0.15, -0.1) is 10.2 Å². The predicted molar refractivity (Wildman–Crippen MR) is 132 cm³/mol. The van der Waals surface area contributed by atoms with Gasteiger partial charge in [-0.3, -0.25) is 4.79 Å². The van der Waals surface area contributed by atoms with Gasteiger partial charge in [0.1, 0.15) is 11.3 Å². The standard InChI is InChI=1S/C25H24N8O2/c1-2-3-8-21-27-20-13-14-32(25(26)35)24(34)22(20)33(21)15-16-9-11-17(12-10-16)18-6-4-5-7-19(18)23-28-30-31-29-23/h4-7,9-14H,2-3,8,15H2,1H3,(H2,26,35)(H,28,29,30,31). The average Bonchev–Trinajstić information content (AvgIpc) is 3.52. The molecular formula is C25H24N8O2. The first-order chi connectivity index (χ1) is 17.1. The maximum atomic E-state index is 13.0. The molecule has 1 amide bonds. The number of tetrazole rings is 1. The van der Waals surface area contributed by atoms with Crippen LogP contribution in [-0.2, 0) is 13.0 Å². The third-order valence-corrected chi connectivity index (χ3v) is 5.99. The number of unbranched alkanes of at least 4 members (excludes halogenated alkanes) is 1. The summed E-state index contributed by atoms with van der Waals surface area (Å²) in [5, 5.41) is 14.4. The monoisotopic (exact) mass is 468 g/mol. The number of amides is 1. The molecule has 35 heavy (non-hydrogen) atoms. The van der Waals surface area contributed by atoms with E-state index in [0.29, 0.717) is 23.4 Å². The molecule has 3 aromatic heterocycles. The second-order valence-corrected chi connectivity index (χ2v) is 8.26. The van der Waals surface area contributed by atoms with Crippen LogP contribution < -0.4 is 11.3 Å². The first-order valence-corrected chi connectivity index (χ1v) is 11.4. The van der Waals surface area contributed by atoms with Gasteiger partial charge in [0.2, 0.25) is 5.82 Å². The molecule has 0 unspecified atom stereocenters. The molecule has 0 atom stereocenters. The van der Waals surface area contributed by atoms with Gasteiger partial charge < -0.3 is 10.3 Å². The number of nitrogens with two attached hydrogens (primary N) is 1. The Hall–Kier alpha value is -4.60. The number of aromatic amines is 1. The molecule has 0 bridgehead atoms. The molecule has 0 spiro atoms. The second-order valence-electron chi connectivity index (χ2n) is 8.26. The summed E-state index contributed by atoms with van der Waals surface area (Å²) < 4.78 is 2.82. The Morgan fingerprint density at radius 1 is 1.06 bits per heavy atom. The summed E-state index contributed by atoms with van der Waals surface area (Å²) in [4.78, 5) is 29.5. The molecule has 3 heterocycles. The van der Waals surface area contributed by atoms with Gasteiger partial charge >= 0.3 is 6.03 Å². The summed E-state index contributed by atoms with van der Waals surface area (Å²) in [5.41, 5.74) is 9.74. The number of carbonyl (C=O) groups excluding carboxylic acids is 1. The molecule has 0 aliphatic carbocycles. The molecule has 0 saturated heterocycles. The molecule has 0 aliphatic rings. The fourth-order valence-electron chi connectivity index (χ4n) is 4.24. The summed E-state index contributed by atoms with van der Waals surface area (Å²) in [6.45, 7) is 2.55. The quantitative estimate of drug-likeness (QED) is 0.376. The number of primary amides is 1. The van der Waals surface area contributed by atoms with Gasteiger partial charge in [0.05, 0.1) is 5.52 Å². The number of hydrogen-bond acceptors (Lipinski definition) is 6. The fourth-order valence-corrected chi connectivity index (χ4v) is 4.24. The Bertz CT molecular complexity index is 1550. The van der Waals surface area contributed by atoms with Crippen molar-refractivity contribution < 1.29 is 4.79 Å². The Labute approximate surface area is 200 Å². The lowest BCUT2D eigenvalue weighted by Crippen LogP contribution is -2.32. The van der Waals surface area contributed by atoms with Gasteiger partial charge in [-0.05, 0) is 34.4 Å². The lowest BCUT2D eigenvalue weighted by molar-refractivity contribution is 0.249. The third-order valence-electron chi connectivity index (χ3n) is 5.99. The second kappa shape index (κ2) is 9.34. The van der Waals surface area contributed by atoms with Crippen LogP contribution in [-0.4, -0.2) is 40.8 Å². The number of pyridine rings is 1. The number of aromatic nitrogens is 7. The van der Waals surface area contributed by atoms with Crippen LogP contribution in [0.3, 0.4) is 0 Å². The summed E-state index contributed by atoms with van der Waals surface area (Å²) in [7, 11) is 0. The number of hydrogen-bond donors (Lipinski definition) is 2. The Morgan fingerprint density at radius 3 is 2.51 bits per heavy atom. The van der Waals surface area contributed by atoms with E-state index >= 15 is 0 Å². The molecule has 10 nitrogen and oxygen atoms in total. The van der Waals surface area contributed by atoms with E-state index in [1.807, 2.05) is 53.1 Å². The molecule has 0 saturated carbocycles. The van der Waals surface area contributed by atoms with E-state index in [1.54, 1.807) is 6.07 Å². The Balaban J connectivity index is 1.53. The number of rotatable bonds is 7. The first kappa shape index (κ1) is 22.2. The Morgan fingerprint density at radius 2 is 1.83 bits per heavy atom. The van der Waals surface area contributed by atoms with Crippen LogP contribution in [0, 0.1) is 0 Å². The zero-order chi connectivity index (χ0) is 24.4. The van der Waals surface area contributed by atoms with E-state index in [0.717, 1.165) is 51.9 Å². The molecule has 10 heteroatoms. The molecular weight excluding hydrogens is 444 g/mol. The average molecular weight is 469 g/mol. The molecule has 176 valence electrons.